The number of hydrogen-bond donors (Lipinski definition) is 1. The minimum absolute atomic E-state index is 0.0118. The van der Waals surface area contributed by atoms with Crippen LogP contribution in [-0.2, 0) is 19.6 Å². The van der Waals surface area contributed by atoms with E-state index in [1.165, 1.54) is 7.11 Å². The molecule has 0 aliphatic carbocycles. The Bertz CT molecular complexity index is 287. The monoisotopic (exact) mass is 239 g/mol. The first-order valence-electron chi connectivity index (χ1n) is 4.62. The summed E-state index contributed by atoms with van der Waals surface area (Å²) in [6.07, 6.45) is -0.181. The summed E-state index contributed by atoms with van der Waals surface area (Å²) < 4.78 is 29.0. The van der Waals surface area contributed by atoms with E-state index in [0.717, 1.165) is 4.31 Å². The Hall–Kier alpha value is -0.660. The SMILES string of the molecule is CCN(CCC(=O)O)S(=O)(=O)CCOC. The van der Waals surface area contributed by atoms with Gasteiger partial charge in [0.05, 0.1) is 18.8 Å². The number of hydrogen-bond acceptors (Lipinski definition) is 4. The summed E-state index contributed by atoms with van der Waals surface area (Å²) in [6, 6.07) is 0. The Morgan fingerprint density at radius 1 is 1.47 bits per heavy atom. The minimum Gasteiger partial charge on any atom is -0.481 e. The molecule has 0 spiro atoms. The molecule has 0 aliphatic heterocycles. The summed E-state index contributed by atoms with van der Waals surface area (Å²) in [5.41, 5.74) is 0. The molecule has 0 saturated heterocycles. The topological polar surface area (TPSA) is 83.9 Å². The summed E-state index contributed by atoms with van der Waals surface area (Å²) in [5.74, 6) is -1.12. The molecule has 6 nitrogen and oxygen atoms in total. The summed E-state index contributed by atoms with van der Waals surface area (Å²) in [7, 11) is -1.97. The molecule has 0 unspecified atom stereocenters. The third-order valence-electron chi connectivity index (χ3n) is 1.87. The van der Waals surface area contributed by atoms with Gasteiger partial charge >= 0.3 is 5.97 Å². The number of carboxylic acids is 1. The Morgan fingerprint density at radius 2 is 2.07 bits per heavy atom. The van der Waals surface area contributed by atoms with Crippen LogP contribution >= 0.6 is 0 Å². The molecular weight excluding hydrogens is 222 g/mol. The van der Waals surface area contributed by atoms with Crippen molar-refractivity contribution in [1.29, 1.82) is 0 Å². The van der Waals surface area contributed by atoms with Crippen molar-refractivity contribution < 1.29 is 23.1 Å². The van der Waals surface area contributed by atoms with Gasteiger partial charge in [0.15, 0.2) is 0 Å². The van der Waals surface area contributed by atoms with Crippen LogP contribution in [0.25, 0.3) is 0 Å². The highest BCUT2D eigenvalue weighted by Crippen LogP contribution is 2.02. The third kappa shape index (κ3) is 5.71. The second kappa shape index (κ2) is 6.76. The van der Waals surface area contributed by atoms with Gasteiger partial charge in [0.1, 0.15) is 0 Å². The lowest BCUT2D eigenvalue weighted by molar-refractivity contribution is -0.137. The fourth-order valence-corrected chi connectivity index (χ4v) is 2.43. The smallest absolute Gasteiger partial charge is 0.304 e. The maximum atomic E-state index is 11.6. The number of sulfonamides is 1. The quantitative estimate of drug-likeness (QED) is 0.632. The highest BCUT2D eigenvalue weighted by atomic mass is 32.2. The van der Waals surface area contributed by atoms with Crippen LogP contribution in [0, 0.1) is 0 Å². The van der Waals surface area contributed by atoms with Crippen molar-refractivity contribution in [2.24, 2.45) is 0 Å². The number of carboxylic acid groups (broad SMARTS) is 1. The molecule has 0 aromatic heterocycles. The number of nitrogens with zero attached hydrogens (tertiary/aromatic N) is 1. The zero-order valence-electron chi connectivity index (χ0n) is 8.97. The molecule has 0 aromatic rings. The Morgan fingerprint density at radius 3 is 2.47 bits per heavy atom. The van der Waals surface area contributed by atoms with Crippen LogP contribution in [0.2, 0.25) is 0 Å². The van der Waals surface area contributed by atoms with Crippen molar-refractivity contribution in [2.45, 2.75) is 13.3 Å². The lowest BCUT2D eigenvalue weighted by Crippen LogP contribution is -2.35. The summed E-state index contributed by atoms with van der Waals surface area (Å²) >= 11 is 0. The first-order valence-corrected chi connectivity index (χ1v) is 6.23. The van der Waals surface area contributed by atoms with E-state index in [1.807, 2.05) is 0 Å². The lowest BCUT2D eigenvalue weighted by Gasteiger charge is -2.19. The molecule has 0 saturated carbocycles. The van der Waals surface area contributed by atoms with E-state index in [2.05, 4.69) is 4.74 Å². The fourth-order valence-electron chi connectivity index (χ4n) is 1.03. The Labute approximate surface area is 89.9 Å². The first kappa shape index (κ1) is 14.3. The molecule has 0 aromatic carbocycles. The molecule has 0 atom stereocenters. The van der Waals surface area contributed by atoms with Crippen molar-refractivity contribution in [2.75, 3.05) is 32.6 Å². The molecule has 0 fully saturated rings. The van der Waals surface area contributed by atoms with Crippen molar-refractivity contribution in [3.8, 4) is 0 Å². The molecule has 7 heteroatoms. The molecule has 0 bridgehead atoms. The second-order valence-electron chi connectivity index (χ2n) is 2.94. The van der Waals surface area contributed by atoms with Crippen molar-refractivity contribution in [3.05, 3.63) is 0 Å². The largest absolute Gasteiger partial charge is 0.481 e. The van der Waals surface area contributed by atoms with E-state index in [-0.39, 0.29) is 31.9 Å². The van der Waals surface area contributed by atoms with E-state index in [0.29, 0.717) is 0 Å². The highest BCUT2D eigenvalue weighted by Gasteiger charge is 2.20. The van der Waals surface area contributed by atoms with Gasteiger partial charge in [-0.05, 0) is 0 Å². The van der Waals surface area contributed by atoms with Gasteiger partial charge in [-0.1, -0.05) is 6.92 Å². The molecule has 15 heavy (non-hydrogen) atoms. The first-order chi connectivity index (χ1) is 6.94. The molecule has 0 amide bonds. The van der Waals surface area contributed by atoms with Crippen LogP contribution < -0.4 is 0 Å². The molecule has 1 N–H and O–H groups in total. The van der Waals surface area contributed by atoms with E-state index >= 15 is 0 Å². The van der Waals surface area contributed by atoms with Gasteiger partial charge in [-0.25, -0.2) is 12.7 Å². The zero-order valence-corrected chi connectivity index (χ0v) is 9.79. The van der Waals surface area contributed by atoms with E-state index < -0.39 is 16.0 Å². The summed E-state index contributed by atoms with van der Waals surface area (Å²) in [5, 5.41) is 8.45. The van der Waals surface area contributed by atoms with Crippen LogP contribution in [0.15, 0.2) is 0 Å². The highest BCUT2D eigenvalue weighted by molar-refractivity contribution is 7.89. The van der Waals surface area contributed by atoms with Crippen LogP contribution in [0.5, 0.6) is 0 Å². The van der Waals surface area contributed by atoms with Gasteiger partial charge in [-0.3, -0.25) is 4.79 Å². The molecular formula is C8H17NO5S. The fraction of sp³-hybridized carbons (Fsp3) is 0.875. The number of ether oxygens (including phenoxy) is 1. The van der Waals surface area contributed by atoms with E-state index in [4.69, 9.17) is 5.11 Å². The Balaban J connectivity index is 4.31. The average molecular weight is 239 g/mol. The van der Waals surface area contributed by atoms with Crippen LogP contribution in [-0.4, -0.2) is 56.4 Å². The summed E-state index contributed by atoms with van der Waals surface area (Å²) in [4.78, 5) is 10.3. The maximum absolute atomic E-state index is 11.6. The number of carbonyl (C=O) groups is 1. The number of rotatable bonds is 8. The predicted molar refractivity (Wildman–Crippen MR) is 55.2 cm³/mol. The van der Waals surface area contributed by atoms with Crippen molar-refractivity contribution in [1.82, 2.24) is 4.31 Å². The third-order valence-corrected chi connectivity index (χ3v) is 3.78. The van der Waals surface area contributed by atoms with Gasteiger partial charge in [-0.15, -0.1) is 0 Å². The molecule has 0 heterocycles. The van der Waals surface area contributed by atoms with Gasteiger partial charge in [-0.2, -0.15) is 0 Å². The Kier molecular flexibility index (Phi) is 6.46. The molecule has 0 aliphatic rings. The molecule has 90 valence electrons. The van der Waals surface area contributed by atoms with E-state index in [9.17, 15) is 13.2 Å². The van der Waals surface area contributed by atoms with Crippen molar-refractivity contribution >= 4 is 16.0 Å². The van der Waals surface area contributed by atoms with Crippen LogP contribution in [0.1, 0.15) is 13.3 Å². The lowest BCUT2D eigenvalue weighted by atomic mass is 10.4. The number of aliphatic carboxylic acids is 1. The van der Waals surface area contributed by atoms with Gasteiger partial charge < -0.3 is 9.84 Å². The molecule has 0 rings (SSSR count). The normalized spacial score (nSPS) is 11.9. The second-order valence-corrected chi connectivity index (χ2v) is 5.03. The van der Waals surface area contributed by atoms with Gasteiger partial charge in [0, 0.05) is 20.2 Å². The number of methoxy groups -OCH3 is 1. The van der Waals surface area contributed by atoms with Crippen LogP contribution in [0.3, 0.4) is 0 Å². The van der Waals surface area contributed by atoms with Crippen molar-refractivity contribution in [3.63, 3.8) is 0 Å². The zero-order chi connectivity index (χ0) is 11.9. The molecule has 0 radical (unpaired) electrons. The van der Waals surface area contributed by atoms with E-state index in [1.54, 1.807) is 6.92 Å². The predicted octanol–water partition coefficient (Wildman–Crippen LogP) is -0.241. The van der Waals surface area contributed by atoms with Crippen LogP contribution in [0.4, 0.5) is 0 Å². The minimum atomic E-state index is -3.39. The average Bonchev–Trinajstić information content (AvgIpc) is 2.15. The summed E-state index contributed by atoms with van der Waals surface area (Å²) in [6.45, 7) is 2.08. The maximum Gasteiger partial charge on any atom is 0.304 e. The standard InChI is InChI=1S/C8H17NO5S/c1-3-9(5-4-8(10)11)15(12,13)7-6-14-2/h3-7H2,1-2H3,(H,10,11). The van der Waals surface area contributed by atoms with Gasteiger partial charge in [0.25, 0.3) is 0 Å². The van der Waals surface area contributed by atoms with Gasteiger partial charge in [0.2, 0.25) is 10.0 Å².